The normalized spacial score (nSPS) is 10.8. The van der Waals surface area contributed by atoms with E-state index in [1.165, 1.54) is 5.56 Å². The van der Waals surface area contributed by atoms with Crippen LogP contribution >= 0.6 is 0 Å². The first-order valence-electron chi connectivity index (χ1n) is 7.99. The number of aromatic nitrogens is 1. The van der Waals surface area contributed by atoms with Crippen molar-refractivity contribution in [2.75, 3.05) is 11.9 Å². The number of anilines is 1. The average Bonchev–Trinajstić information content (AvgIpc) is 2.60. The van der Waals surface area contributed by atoms with Gasteiger partial charge in [-0.1, -0.05) is 38.1 Å². The lowest BCUT2D eigenvalue weighted by atomic mass is 10.0. The van der Waals surface area contributed by atoms with E-state index in [0.717, 1.165) is 10.9 Å². The highest BCUT2D eigenvalue weighted by atomic mass is 16.5. The Hall–Kier alpha value is -2.88. The predicted molar refractivity (Wildman–Crippen MR) is 96.4 cm³/mol. The van der Waals surface area contributed by atoms with Crippen LogP contribution in [-0.4, -0.2) is 17.5 Å². The first-order valence-corrected chi connectivity index (χ1v) is 7.99. The molecule has 1 heterocycles. The number of pyridine rings is 1. The zero-order valence-electron chi connectivity index (χ0n) is 13.8. The maximum atomic E-state index is 12.0. The quantitative estimate of drug-likeness (QED) is 0.759. The van der Waals surface area contributed by atoms with Crippen LogP contribution in [0.3, 0.4) is 0 Å². The number of ether oxygens (including phenoxy) is 1. The lowest BCUT2D eigenvalue weighted by Gasteiger charge is -2.10. The van der Waals surface area contributed by atoms with Crippen LogP contribution in [0.1, 0.15) is 25.3 Å². The van der Waals surface area contributed by atoms with Crippen LogP contribution in [0.4, 0.5) is 5.69 Å². The van der Waals surface area contributed by atoms with Gasteiger partial charge in [0.1, 0.15) is 5.75 Å². The lowest BCUT2D eigenvalue weighted by molar-refractivity contribution is -0.118. The van der Waals surface area contributed by atoms with Crippen molar-refractivity contribution in [3.63, 3.8) is 0 Å². The molecule has 3 aromatic rings. The predicted octanol–water partition coefficient (Wildman–Crippen LogP) is 4.38. The Morgan fingerprint density at radius 2 is 1.92 bits per heavy atom. The second-order valence-corrected chi connectivity index (χ2v) is 5.97. The molecule has 4 heteroatoms. The third kappa shape index (κ3) is 3.90. The monoisotopic (exact) mass is 320 g/mol. The van der Waals surface area contributed by atoms with Crippen LogP contribution in [-0.2, 0) is 4.79 Å². The molecule has 0 aliphatic carbocycles. The molecule has 0 saturated carbocycles. The number of nitrogens with zero attached hydrogens (tertiary/aromatic N) is 1. The van der Waals surface area contributed by atoms with Crippen molar-refractivity contribution in [2.24, 2.45) is 0 Å². The summed E-state index contributed by atoms with van der Waals surface area (Å²) in [5, 5.41) is 3.87. The Morgan fingerprint density at radius 1 is 1.12 bits per heavy atom. The summed E-state index contributed by atoms with van der Waals surface area (Å²) >= 11 is 0. The number of nitrogens with one attached hydrogen (secondary N) is 1. The van der Waals surface area contributed by atoms with E-state index in [1.54, 1.807) is 6.20 Å². The van der Waals surface area contributed by atoms with Crippen LogP contribution in [0.25, 0.3) is 10.9 Å². The van der Waals surface area contributed by atoms with Gasteiger partial charge >= 0.3 is 0 Å². The summed E-state index contributed by atoms with van der Waals surface area (Å²) in [6.45, 7) is 4.25. The minimum Gasteiger partial charge on any atom is -0.484 e. The molecule has 0 saturated heterocycles. The van der Waals surface area contributed by atoms with E-state index in [9.17, 15) is 4.79 Å². The van der Waals surface area contributed by atoms with Crippen LogP contribution < -0.4 is 10.1 Å². The molecule has 0 aliphatic heterocycles. The molecule has 24 heavy (non-hydrogen) atoms. The van der Waals surface area contributed by atoms with Gasteiger partial charge in [-0.25, -0.2) is 0 Å². The lowest BCUT2D eigenvalue weighted by Crippen LogP contribution is -2.20. The summed E-state index contributed by atoms with van der Waals surface area (Å²) in [5.74, 6) is 0.969. The number of carbonyl (C=O) groups is 1. The standard InChI is InChI=1S/C20H20N2O2/c1-14(2)15-6-9-18(10-7-15)24-13-20(23)22-17-8-5-16-4-3-11-21-19(16)12-17/h3-12,14H,13H2,1-2H3,(H,22,23). The summed E-state index contributed by atoms with van der Waals surface area (Å²) < 4.78 is 5.53. The van der Waals surface area contributed by atoms with Gasteiger partial charge in [0.05, 0.1) is 5.52 Å². The molecule has 122 valence electrons. The van der Waals surface area contributed by atoms with E-state index in [0.29, 0.717) is 17.4 Å². The maximum absolute atomic E-state index is 12.0. The van der Waals surface area contributed by atoms with E-state index >= 15 is 0 Å². The van der Waals surface area contributed by atoms with E-state index < -0.39 is 0 Å². The first kappa shape index (κ1) is 16.0. The molecule has 0 aliphatic rings. The van der Waals surface area contributed by atoms with Crippen LogP contribution in [0.5, 0.6) is 5.75 Å². The molecule has 3 rings (SSSR count). The Labute approximate surface area is 141 Å². The third-order valence-corrected chi connectivity index (χ3v) is 3.81. The molecule has 0 spiro atoms. The number of benzene rings is 2. The summed E-state index contributed by atoms with van der Waals surface area (Å²) in [6.07, 6.45) is 1.73. The average molecular weight is 320 g/mol. The highest BCUT2D eigenvalue weighted by molar-refractivity contribution is 5.94. The molecular weight excluding hydrogens is 300 g/mol. The number of carbonyl (C=O) groups excluding carboxylic acids is 1. The van der Waals surface area contributed by atoms with E-state index in [1.807, 2.05) is 54.6 Å². The molecule has 2 aromatic carbocycles. The summed E-state index contributed by atoms with van der Waals surface area (Å²) in [4.78, 5) is 16.3. The number of rotatable bonds is 5. The van der Waals surface area contributed by atoms with Crippen molar-refractivity contribution in [2.45, 2.75) is 19.8 Å². The maximum Gasteiger partial charge on any atom is 0.262 e. The number of hydrogen-bond donors (Lipinski definition) is 1. The fraction of sp³-hybridized carbons (Fsp3) is 0.200. The topological polar surface area (TPSA) is 51.2 Å². The number of amides is 1. The summed E-state index contributed by atoms with van der Waals surface area (Å²) in [6, 6.07) is 17.3. The Bertz CT molecular complexity index is 842. The Kier molecular flexibility index (Phi) is 4.75. The number of fused-ring (bicyclic) bond motifs is 1. The molecule has 0 fully saturated rings. The minimum atomic E-state index is -0.196. The van der Waals surface area contributed by atoms with Gasteiger partial charge in [-0.05, 0) is 41.8 Å². The molecular formula is C20H20N2O2. The van der Waals surface area contributed by atoms with Crippen molar-refractivity contribution in [3.8, 4) is 5.75 Å². The highest BCUT2D eigenvalue weighted by Gasteiger charge is 2.05. The fourth-order valence-electron chi connectivity index (χ4n) is 2.44. The van der Waals surface area contributed by atoms with Crippen LogP contribution in [0.15, 0.2) is 60.8 Å². The van der Waals surface area contributed by atoms with Crippen molar-refractivity contribution in [1.82, 2.24) is 4.98 Å². The van der Waals surface area contributed by atoms with Gasteiger partial charge in [0.15, 0.2) is 6.61 Å². The van der Waals surface area contributed by atoms with E-state index in [4.69, 9.17) is 4.74 Å². The van der Waals surface area contributed by atoms with Crippen LogP contribution in [0.2, 0.25) is 0 Å². The van der Waals surface area contributed by atoms with E-state index in [2.05, 4.69) is 24.1 Å². The van der Waals surface area contributed by atoms with Crippen molar-refractivity contribution in [1.29, 1.82) is 0 Å². The Morgan fingerprint density at radius 3 is 2.67 bits per heavy atom. The third-order valence-electron chi connectivity index (χ3n) is 3.81. The molecule has 1 N–H and O–H groups in total. The largest absolute Gasteiger partial charge is 0.484 e. The SMILES string of the molecule is CC(C)c1ccc(OCC(=O)Nc2ccc3cccnc3c2)cc1. The first-order chi connectivity index (χ1) is 11.6. The second-order valence-electron chi connectivity index (χ2n) is 5.97. The van der Waals surface area contributed by atoms with Gasteiger partial charge < -0.3 is 10.1 Å². The van der Waals surface area contributed by atoms with Gasteiger partial charge in [-0.3, -0.25) is 9.78 Å². The van der Waals surface area contributed by atoms with Gasteiger partial charge in [0.25, 0.3) is 5.91 Å². The highest BCUT2D eigenvalue weighted by Crippen LogP contribution is 2.19. The van der Waals surface area contributed by atoms with Gasteiger partial charge in [0.2, 0.25) is 0 Å². The number of hydrogen-bond acceptors (Lipinski definition) is 3. The zero-order valence-corrected chi connectivity index (χ0v) is 13.8. The zero-order chi connectivity index (χ0) is 16.9. The smallest absolute Gasteiger partial charge is 0.262 e. The summed E-state index contributed by atoms with van der Waals surface area (Å²) in [5.41, 5.74) is 2.81. The van der Waals surface area contributed by atoms with E-state index in [-0.39, 0.29) is 12.5 Å². The molecule has 0 atom stereocenters. The van der Waals surface area contributed by atoms with Crippen molar-refractivity contribution in [3.05, 3.63) is 66.4 Å². The molecule has 0 radical (unpaired) electrons. The van der Waals surface area contributed by atoms with Gasteiger partial charge in [-0.2, -0.15) is 0 Å². The second kappa shape index (κ2) is 7.13. The molecule has 0 unspecified atom stereocenters. The van der Waals surface area contributed by atoms with Crippen molar-refractivity contribution >= 4 is 22.5 Å². The molecule has 1 aromatic heterocycles. The van der Waals surface area contributed by atoms with Crippen molar-refractivity contribution < 1.29 is 9.53 Å². The minimum absolute atomic E-state index is 0.0265. The Balaban J connectivity index is 1.58. The molecule has 4 nitrogen and oxygen atoms in total. The molecule has 1 amide bonds. The van der Waals surface area contributed by atoms with Gasteiger partial charge in [-0.15, -0.1) is 0 Å². The van der Waals surface area contributed by atoms with Gasteiger partial charge in [0, 0.05) is 17.3 Å². The van der Waals surface area contributed by atoms with Crippen LogP contribution in [0, 0.1) is 0 Å². The fourth-order valence-corrected chi connectivity index (χ4v) is 2.44. The molecule has 0 bridgehead atoms. The summed E-state index contributed by atoms with van der Waals surface area (Å²) in [7, 11) is 0.